The number of halogens is 2. The maximum absolute atomic E-state index is 12.1. The minimum atomic E-state index is -0.333. The van der Waals surface area contributed by atoms with Crippen LogP contribution in [0.1, 0.15) is 19.4 Å². The standard InChI is InChI=1S/C18H20Cl2N2O2/c1-18(2,12-7-9-13(24-3)10-8-12)11-21-17(23)22-15-6-4-5-14(19)16(15)20/h4-10H,11H2,1-3H3,(H2,21,22,23). The molecule has 24 heavy (non-hydrogen) atoms. The lowest BCUT2D eigenvalue weighted by molar-refractivity contribution is 0.249. The average Bonchev–Trinajstić information content (AvgIpc) is 2.57. The van der Waals surface area contributed by atoms with Crippen molar-refractivity contribution in [3.05, 3.63) is 58.1 Å². The number of hydrogen-bond acceptors (Lipinski definition) is 2. The highest BCUT2D eigenvalue weighted by Gasteiger charge is 2.21. The first kappa shape index (κ1) is 18.4. The molecule has 0 bridgehead atoms. The molecule has 0 aliphatic carbocycles. The van der Waals surface area contributed by atoms with E-state index in [1.807, 2.05) is 24.3 Å². The van der Waals surface area contributed by atoms with E-state index < -0.39 is 0 Å². The predicted octanol–water partition coefficient (Wildman–Crippen LogP) is 5.10. The molecule has 0 aliphatic rings. The Bertz CT molecular complexity index is 715. The van der Waals surface area contributed by atoms with Crippen molar-refractivity contribution in [3.63, 3.8) is 0 Å². The van der Waals surface area contributed by atoms with E-state index in [-0.39, 0.29) is 11.4 Å². The van der Waals surface area contributed by atoms with Crippen LogP contribution in [0.15, 0.2) is 42.5 Å². The normalized spacial score (nSPS) is 11.0. The molecular formula is C18H20Cl2N2O2. The van der Waals surface area contributed by atoms with Crippen LogP contribution in [-0.4, -0.2) is 19.7 Å². The lowest BCUT2D eigenvalue weighted by atomic mass is 9.84. The second-order valence-electron chi connectivity index (χ2n) is 6.02. The second-order valence-corrected chi connectivity index (χ2v) is 6.81. The molecule has 0 aliphatic heterocycles. The van der Waals surface area contributed by atoms with Crippen molar-refractivity contribution in [2.75, 3.05) is 19.0 Å². The Labute approximate surface area is 152 Å². The Morgan fingerprint density at radius 1 is 1.12 bits per heavy atom. The zero-order valence-electron chi connectivity index (χ0n) is 13.8. The van der Waals surface area contributed by atoms with Gasteiger partial charge in [0.25, 0.3) is 0 Å². The summed E-state index contributed by atoms with van der Waals surface area (Å²) in [5, 5.41) is 6.29. The third-order valence-electron chi connectivity index (χ3n) is 3.76. The van der Waals surface area contributed by atoms with Crippen LogP contribution in [0.4, 0.5) is 10.5 Å². The van der Waals surface area contributed by atoms with Crippen molar-refractivity contribution in [1.82, 2.24) is 5.32 Å². The Kier molecular flexibility index (Phi) is 5.97. The van der Waals surface area contributed by atoms with Crippen LogP contribution in [0.25, 0.3) is 0 Å². The maximum atomic E-state index is 12.1. The fraction of sp³-hybridized carbons (Fsp3) is 0.278. The molecule has 0 unspecified atom stereocenters. The van der Waals surface area contributed by atoms with Gasteiger partial charge in [0.2, 0.25) is 0 Å². The Hall–Kier alpha value is -1.91. The summed E-state index contributed by atoms with van der Waals surface area (Å²) in [4.78, 5) is 12.1. The number of amides is 2. The van der Waals surface area contributed by atoms with Gasteiger partial charge >= 0.3 is 6.03 Å². The molecule has 6 heteroatoms. The topological polar surface area (TPSA) is 50.4 Å². The molecule has 4 nitrogen and oxygen atoms in total. The molecule has 2 aromatic rings. The first-order valence-electron chi connectivity index (χ1n) is 7.47. The molecule has 0 radical (unpaired) electrons. The van der Waals surface area contributed by atoms with E-state index in [0.29, 0.717) is 22.3 Å². The molecule has 0 fully saturated rings. The molecule has 0 saturated heterocycles. The summed E-state index contributed by atoms with van der Waals surface area (Å²) in [6.45, 7) is 4.58. The monoisotopic (exact) mass is 366 g/mol. The Morgan fingerprint density at radius 2 is 1.79 bits per heavy atom. The molecule has 2 aromatic carbocycles. The van der Waals surface area contributed by atoms with Gasteiger partial charge in [-0.1, -0.05) is 55.2 Å². The van der Waals surface area contributed by atoms with Crippen LogP contribution in [0.3, 0.4) is 0 Å². The molecule has 2 amide bonds. The third kappa shape index (κ3) is 4.56. The molecule has 0 atom stereocenters. The van der Waals surface area contributed by atoms with Crippen molar-refractivity contribution in [1.29, 1.82) is 0 Å². The Balaban J connectivity index is 1.97. The number of nitrogens with one attached hydrogen (secondary N) is 2. The number of rotatable bonds is 5. The number of methoxy groups -OCH3 is 1. The fourth-order valence-electron chi connectivity index (χ4n) is 2.21. The minimum Gasteiger partial charge on any atom is -0.497 e. The summed E-state index contributed by atoms with van der Waals surface area (Å²) in [5.41, 5.74) is 1.34. The largest absolute Gasteiger partial charge is 0.497 e. The average molecular weight is 367 g/mol. The number of hydrogen-bond donors (Lipinski definition) is 2. The summed E-state index contributed by atoms with van der Waals surface area (Å²) < 4.78 is 5.16. The van der Waals surface area contributed by atoms with E-state index in [9.17, 15) is 4.79 Å². The summed E-state index contributed by atoms with van der Waals surface area (Å²) in [6, 6.07) is 12.6. The van der Waals surface area contributed by atoms with Crippen molar-refractivity contribution in [2.45, 2.75) is 19.3 Å². The van der Waals surface area contributed by atoms with Gasteiger partial charge in [0, 0.05) is 12.0 Å². The maximum Gasteiger partial charge on any atom is 0.319 e. The first-order chi connectivity index (χ1) is 11.3. The van der Waals surface area contributed by atoms with Crippen LogP contribution in [0, 0.1) is 0 Å². The highest BCUT2D eigenvalue weighted by Crippen LogP contribution is 2.29. The van der Waals surface area contributed by atoms with Gasteiger partial charge in [-0.05, 0) is 29.8 Å². The van der Waals surface area contributed by atoms with Gasteiger partial charge in [-0.25, -0.2) is 4.79 Å². The molecule has 0 heterocycles. The van der Waals surface area contributed by atoms with E-state index in [0.717, 1.165) is 11.3 Å². The number of carbonyl (C=O) groups is 1. The number of anilines is 1. The number of ether oxygens (including phenoxy) is 1. The lowest BCUT2D eigenvalue weighted by Crippen LogP contribution is -2.39. The molecule has 2 rings (SSSR count). The van der Waals surface area contributed by atoms with Crippen molar-refractivity contribution in [2.24, 2.45) is 0 Å². The van der Waals surface area contributed by atoms with Crippen LogP contribution >= 0.6 is 23.2 Å². The zero-order chi connectivity index (χ0) is 17.7. The molecule has 0 aromatic heterocycles. The molecule has 2 N–H and O–H groups in total. The van der Waals surface area contributed by atoms with E-state index in [4.69, 9.17) is 27.9 Å². The van der Waals surface area contributed by atoms with Gasteiger partial charge in [0.05, 0.1) is 22.8 Å². The van der Waals surface area contributed by atoms with E-state index in [2.05, 4.69) is 24.5 Å². The van der Waals surface area contributed by atoms with Gasteiger partial charge in [-0.15, -0.1) is 0 Å². The molecule has 128 valence electrons. The van der Waals surface area contributed by atoms with Gasteiger partial charge in [-0.3, -0.25) is 0 Å². The Morgan fingerprint density at radius 3 is 2.42 bits per heavy atom. The number of benzene rings is 2. The molecule has 0 spiro atoms. The highest BCUT2D eigenvalue weighted by atomic mass is 35.5. The fourth-order valence-corrected chi connectivity index (χ4v) is 2.56. The van der Waals surface area contributed by atoms with Crippen LogP contribution in [0.2, 0.25) is 10.0 Å². The van der Waals surface area contributed by atoms with E-state index in [1.54, 1.807) is 25.3 Å². The van der Waals surface area contributed by atoms with Crippen molar-refractivity contribution in [3.8, 4) is 5.75 Å². The first-order valence-corrected chi connectivity index (χ1v) is 8.22. The van der Waals surface area contributed by atoms with Gasteiger partial charge < -0.3 is 15.4 Å². The summed E-state index contributed by atoms with van der Waals surface area (Å²) in [5.74, 6) is 0.802. The summed E-state index contributed by atoms with van der Waals surface area (Å²) in [7, 11) is 1.63. The zero-order valence-corrected chi connectivity index (χ0v) is 15.3. The van der Waals surface area contributed by atoms with Crippen LogP contribution < -0.4 is 15.4 Å². The van der Waals surface area contributed by atoms with Gasteiger partial charge in [0.15, 0.2) is 0 Å². The molecule has 0 saturated carbocycles. The number of urea groups is 1. The van der Waals surface area contributed by atoms with E-state index in [1.165, 1.54) is 0 Å². The van der Waals surface area contributed by atoms with Gasteiger partial charge in [0.1, 0.15) is 5.75 Å². The predicted molar refractivity (Wildman–Crippen MR) is 99.5 cm³/mol. The second kappa shape index (κ2) is 7.77. The van der Waals surface area contributed by atoms with Crippen molar-refractivity contribution >= 4 is 34.9 Å². The SMILES string of the molecule is COc1ccc(C(C)(C)CNC(=O)Nc2cccc(Cl)c2Cl)cc1. The van der Waals surface area contributed by atoms with Crippen LogP contribution in [0.5, 0.6) is 5.75 Å². The number of carbonyl (C=O) groups excluding carboxylic acids is 1. The molecular weight excluding hydrogens is 347 g/mol. The highest BCUT2D eigenvalue weighted by molar-refractivity contribution is 6.43. The quantitative estimate of drug-likeness (QED) is 0.772. The van der Waals surface area contributed by atoms with Gasteiger partial charge in [-0.2, -0.15) is 0 Å². The smallest absolute Gasteiger partial charge is 0.319 e. The van der Waals surface area contributed by atoms with Crippen molar-refractivity contribution < 1.29 is 9.53 Å². The summed E-state index contributed by atoms with van der Waals surface area (Å²) >= 11 is 12.0. The third-order valence-corrected chi connectivity index (χ3v) is 4.58. The summed E-state index contributed by atoms with van der Waals surface area (Å²) in [6.07, 6.45) is 0. The van der Waals surface area contributed by atoms with E-state index >= 15 is 0 Å². The van der Waals surface area contributed by atoms with Crippen LogP contribution in [-0.2, 0) is 5.41 Å². The minimum absolute atomic E-state index is 0.234. The lowest BCUT2D eigenvalue weighted by Gasteiger charge is -2.26.